The zero-order valence-corrected chi connectivity index (χ0v) is 12.9. The summed E-state index contributed by atoms with van der Waals surface area (Å²) in [6.07, 6.45) is 7.10. The van der Waals surface area contributed by atoms with Gasteiger partial charge in [0, 0.05) is 22.4 Å². The number of nitrogens with one attached hydrogen (secondary N) is 1. The number of aromatic nitrogens is 1. The van der Waals surface area contributed by atoms with Gasteiger partial charge in [-0.15, -0.1) is 0 Å². The summed E-state index contributed by atoms with van der Waals surface area (Å²) in [6.45, 7) is 1.54. The second-order valence-corrected chi connectivity index (χ2v) is 5.84. The maximum Gasteiger partial charge on any atom is 0.329 e. The monoisotopic (exact) mass is 342 g/mol. The standard InChI is InChI=1S/C14H19BrN2O3/c15-12-9-17-7-3-11(12)14(20-10-13(18)19)4-1-2-6-16-8-5-14/h3,7,9,16H,1-2,4-6,8,10H2,(H,18,19). The van der Waals surface area contributed by atoms with E-state index in [-0.39, 0.29) is 6.61 Å². The number of carbonyl (C=O) groups is 1. The average Bonchev–Trinajstić information content (AvgIpc) is 2.39. The van der Waals surface area contributed by atoms with E-state index in [0.29, 0.717) is 0 Å². The van der Waals surface area contributed by atoms with Crippen LogP contribution >= 0.6 is 15.9 Å². The molecule has 1 atom stereocenters. The normalized spacial score (nSPS) is 23.9. The van der Waals surface area contributed by atoms with Gasteiger partial charge in [0.25, 0.3) is 0 Å². The lowest BCUT2D eigenvalue weighted by molar-refractivity contribution is -0.152. The van der Waals surface area contributed by atoms with E-state index in [1.54, 1.807) is 12.4 Å². The summed E-state index contributed by atoms with van der Waals surface area (Å²) in [7, 11) is 0. The molecular formula is C14H19BrN2O3. The van der Waals surface area contributed by atoms with E-state index >= 15 is 0 Å². The number of carboxylic acid groups (broad SMARTS) is 1. The molecule has 1 fully saturated rings. The van der Waals surface area contributed by atoms with Gasteiger partial charge in [-0.25, -0.2) is 4.79 Å². The molecule has 1 saturated heterocycles. The third kappa shape index (κ3) is 3.77. The van der Waals surface area contributed by atoms with Crippen LogP contribution in [0, 0.1) is 0 Å². The molecule has 110 valence electrons. The lowest BCUT2D eigenvalue weighted by Crippen LogP contribution is -2.38. The Hall–Kier alpha value is -0.980. The first-order valence-electron chi connectivity index (χ1n) is 6.80. The molecule has 0 radical (unpaired) electrons. The van der Waals surface area contributed by atoms with Crippen molar-refractivity contribution in [3.63, 3.8) is 0 Å². The molecule has 0 amide bonds. The van der Waals surface area contributed by atoms with E-state index in [9.17, 15) is 4.79 Å². The molecule has 0 bridgehead atoms. The van der Waals surface area contributed by atoms with E-state index in [2.05, 4.69) is 26.2 Å². The van der Waals surface area contributed by atoms with Gasteiger partial charge >= 0.3 is 5.97 Å². The summed E-state index contributed by atoms with van der Waals surface area (Å²) in [5.74, 6) is -0.940. The number of carboxylic acids is 1. The number of ether oxygens (including phenoxy) is 1. The summed E-state index contributed by atoms with van der Waals surface area (Å²) in [4.78, 5) is 15.0. The zero-order chi connectivity index (χ0) is 14.4. The molecule has 1 unspecified atom stereocenters. The van der Waals surface area contributed by atoms with Gasteiger partial charge in [-0.05, 0) is 60.8 Å². The fourth-order valence-corrected chi connectivity index (χ4v) is 3.25. The van der Waals surface area contributed by atoms with Crippen LogP contribution in [0.15, 0.2) is 22.9 Å². The molecule has 1 aliphatic heterocycles. The van der Waals surface area contributed by atoms with Crippen molar-refractivity contribution < 1.29 is 14.6 Å². The largest absolute Gasteiger partial charge is 0.480 e. The van der Waals surface area contributed by atoms with Gasteiger partial charge in [0.1, 0.15) is 6.61 Å². The molecule has 2 heterocycles. The molecule has 1 aromatic rings. The van der Waals surface area contributed by atoms with Crippen molar-refractivity contribution in [2.24, 2.45) is 0 Å². The molecule has 0 spiro atoms. The molecule has 20 heavy (non-hydrogen) atoms. The number of hydrogen-bond acceptors (Lipinski definition) is 4. The van der Waals surface area contributed by atoms with Crippen LogP contribution < -0.4 is 5.32 Å². The first kappa shape index (κ1) is 15.4. The van der Waals surface area contributed by atoms with E-state index in [1.807, 2.05) is 6.07 Å². The predicted molar refractivity (Wildman–Crippen MR) is 78.5 cm³/mol. The molecule has 1 aliphatic rings. The van der Waals surface area contributed by atoms with Crippen molar-refractivity contribution in [3.8, 4) is 0 Å². The highest BCUT2D eigenvalue weighted by molar-refractivity contribution is 9.10. The fraction of sp³-hybridized carbons (Fsp3) is 0.571. The highest BCUT2D eigenvalue weighted by Crippen LogP contribution is 2.39. The van der Waals surface area contributed by atoms with Crippen molar-refractivity contribution in [2.75, 3.05) is 19.7 Å². The number of hydrogen-bond donors (Lipinski definition) is 2. The fourth-order valence-electron chi connectivity index (χ4n) is 2.64. The Morgan fingerprint density at radius 1 is 1.45 bits per heavy atom. The number of halogens is 1. The van der Waals surface area contributed by atoms with Gasteiger partial charge in [-0.1, -0.05) is 0 Å². The topological polar surface area (TPSA) is 71.5 Å². The Labute approximate surface area is 126 Å². The lowest BCUT2D eigenvalue weighted by Gasteiger charge is -2.36. The van der Waals surface area contributed by atoms with E-state index in [4.69, 9.17) is 9.84 Å². The van der Waals surface area contributed by atoms with Crippen LogP contribution in [-0.4, -0.2) is 35.8 Å². The third-order valence-electron chi connectivity index (χ3n) is 3.63. The quantitative estimate of drug-likeness (QED) is 0.878. The van der Waals surface area contributed by atoms with E-state index in [0.717, 1.165) is 48.8 Å². The van der Waals surface area contributed by atoms with Crippen LogP contribution in [0.5, 0.6) is 0 Å². The Kier molecular flexibility index (Phi) is 5.51. The molecule has 6 heteroatoms. The minimum atomic E-state index is -0.940. The minimum Gasteiger partial charge on any atom is -0.480 e. The van der Waals surface area contributed by atoms with Crippen LogP contribution in [0.3, 0.4) is 0 Å². The van der Waals surface area contributed by atoms with Crippen molar-refractivity contribution in [3.05, 3.63) is 28.5 Å². The molecule has 0 aliphatic carbocycles. The Balaban J connectivity index is 2.30. The SMILES string of the molecule is O=C(O)COC1(c2ccncc2Br)CCCCNCC1. The second-order valence-electron chi connectivity index (χ2n) is 4.99. The first-order chi connectivity index (χ1) is 9.64. The second kappa shape index (κ2) is 7.15. The number of aliphatic carboxylic acids is 1. The van der Waals surface area contributed by atoms with Gasteiger partial charge in [-0.3, -0.25) is 4.98 Å². The predicted octanol–water partition coefficient (Wildman–Crippen LogP) is 2.30. The zero-order valence-electron chi connectivity index (χ0n) is 11.3. The van der Waals surface area contributed by atoms with Crippen LogP contribution in [0.25, 0.3) is 0 Å². The van der Waals surface area contributed by atoms with Crippen molar-refractivity contribution >= 4 is 21.9 Å². The first-order valence-corrected chi connectivity index (χ1v) is 7.60. The van der Waals surface area contributed by atoms with Crippen molar-refractivity contribution in [1.82, 2.24) is 10.3 Å². The number of pyridine rings is 1. The summed E-state index contributed by atoms with van der Waals surface area (Å²) in [5, 5.41) is 12.3. The summed E-state index contributed by atoms with van der Waals surface area (Å²) < 4.78 is 6.70. The maximum atomic E-state index is 10.9. The number of nitrogens with zero attached hydrogens (tertiary/aromatic N) is 1. The van der Waals surface area contributed by atoms with Gasteiger partial charge < -0.3 is 15.2 Å². The van der Waals surface area contributed by atoms with Crippen LogP contribution in [0.4, 0.5) is 0 Å². The molecule has 0 aromatic carbocycles. The van der Waals surface area contributed by atoms with Crippen LogP contribution in [0.2, 0.25) is 0 Å². The van der Waals surface area contributed by atoms with Crippen LogP contribution in [0.1, 0.15) is 31.2 Å². The van der Waals surface area contributed by atoms with Crippen molar-refractivity contribution in [1.29, 1.82) is 0 Å². The smallest absolute Gasteiger partial charge is 0.329 e. The lowest BCUT2D eigenvalue weighted by atomic mass is 9.84. The third-order valence-corrected chi connectivity index (χ3v) is 4.26. The van der Waals surface area contributed by atoms with Crippen LogP contribution in [-0.2, 0) is 15.1 Å². The molecular weight excluding hydrogens is 324 g/mol. The molecule has 1 aromatic heterocycles. The molecule has 2 rings (SSSR count). The summed E-state index contributed by atoms with van der Waals surface area (Å²) in [6, 6.07) is 1.91. The average molecular weight is 343 g/mol. The van der Waals surface area contributed by atoms with E-state index < -0.39 is 11.6 Å². The Bertz CT molecular complexity index is 459. The molecule has 0 saturated carbocycles. The summed E-state index contributed by atoms with van der Waals surface area (Å²) >= 11 is 3.51. The number of rotatable bonds is 4. The molecule has 5 nitrogen and oxygen atoms in total. The van der Waals surface area contributed by atoms with Gasteiger partial charge in [0.05, 0.1) is 5.60 Å². The minimum absolute atomic E-state index is 0.283. The van der Waals surface area contributed by atoms with Gasteiger partial charge in [-0.2, -0.15) is 0 Å². The molecule has 2 N–H and O–H groups in total. The van der Waals surface area contributed by atoms with Crippen molar-refractivity contribution in [2.45, 2.75) is 31.3 Å². The van der Waals surface area contributed by atoms with Gasteiger partial charge in [0.2, 0.25) is 0 Å². The van der Waals surface area contributed by atoms with E-state index in [1.165, 1.54) is 0 Å². The highest BCUT2D eigenvalue weighted by atomic mass is 79.9. The Morgan fingerprint density at radius 2 is 2.30 bits per heavy atom. The maximum absolute atomic E-state index is 10.9. The highest BCUT2D eigenvalue weighted by Gasteiger charge is 2.35. The Morgan fingerprint density at radius 3 is 3.05 bits per heavy atom. The summed E-state index contributed by atoms with van der Waals surface area (Å²) in [5.41, 5.74) is 0.422. The van der Waals surface area contributed by atoms with Gasteiger partial charge in [0.15, 0.2) is 0 Å².